The second-order valence-electron chi connectivity index (χ2n) is 6.66. The van der Waals surface area contributed by atoms with Crippen molar-refractivity contribution >= 4 is 24.2 Å². The van der Waals surface area contributed by atoms with Gasteiger partial charge in [0.1, 0.15) is 23.1 Å². The lowest BCUT2D eigenvalue weighted by Crippen LogP contribution is -2.65. The Balaban J connectivity index is 2.13. The molecule has 0 bridgehead atoms. The Labute approximate surface area is 154 Å². The number of nitrogens with one attached hydrogen (secondary N) is 1. The van der Waals surface area contributed by atoms with Crippen molar-refractivity contribution in [1.82, 2.24) is 5.32 Å². The molecule has 0 saturated heterocycles. The van der Waals surface area contributed by atoms with Gasteiger partial charge in [0.15, 0.2) is 0 Å². The molecule has 6 heteroatoms. The van der Waals surface area contributed by atoms with Gasteiger partial charge >= 0.3 is 0 Å². The second kappa shape index (κ2) is 7.01. The average molecular weight is 357 g/mol. The number of amides is 1. The van der Waals surface area contributed by atoms with Gasteiger partial charge in [-0.2, -0.15) is 5.26 Å². The van der Waals surface area contributed by atoms with Crippen LogP contribution in [0.15, 0.2) is 34.9 Å². The van der Waals surface area contributed by atoms with Crippen LogP contribution < -0.4 is 15.0 Å². The molecule has 1 spiro atoms. The number of rotatable bonds is 3. The summed E-state index contributed by atoms with van der Waals surface area (Å²) < 4.78 is 5.53. The SMILES string of the molecule is CCC1CCC2(CC1)NC(=O)C(C#N)=C(S)N2c1ccccc1OC. The van der Waals surface area contributed by atoms with Gasteiger partial charge in [-0.15, -0.1) is 12.6 Å². The predicted octanol–water partition coefficient (Wildman–Crippen LogP) is 3.59. The van der Waals surface area contributed by atoms with Crippen molar-refractivity contribution in [2.24, 2.45) is 5.92 Å². The Kier molecular flexibility index (Phi) is 4.96. The highest BCUT2D eigenvalue weighted by molar-refractivity contribution is 7.84. The first-order valence-corrected chi connectivity index (χ1v) is 9.10. The molecule has 1 aromatic carbocycles. The van der Waals surface area contributed by atoms with Crippen LogP contribution in [0.2, 0.25) is 0 Å². The molecule has 1 amide bonds. The fourth-order valence-electron chi connectivity index (χ4n) is 3.92. The summed E-state index contributed by atoms with van der Waals surface area (Å²) in [5, 5.41) is 12.9. The van der Waals surface area contributed by atoms with E-state index in [9.17, 15) is 10.1 Å². The first-order valence-electron chi connectivity index (χ1n) is 8.65. The summed E-state index contributed by atoms with van der Waals surface area (Å²) in [6, 6.07) is 9.63. The second-order valence-corrected chi connectivity index (χ2v) is 7.08. The summed E-state index contributed by atoms with van der Waals surface area (Å²) in [5.74, 6) is 1.03. The third kappa shape index (κ3) is 2.98. The Hall–Kier alpha value is -2.13. The Bertz CT molecular complexity index is 745. The number of benzene rings is 1. The van der Waals surface area contributed by atoms with Crippen LogP contribution in [0, 0.1) is 17.2 Å². The van der Waals surface area contributed by atoms with Crippen LogP contribution in [-0.4, -0.2) is 18.7 Å². The van der Waals surface area contributed by atoms with Gasteiger partial charge < -0.3 is 15.0 Å². The monoisotopic (exact) mass is 357 g/mol. The molecule has 0 unspecified atom stereocenters. The lowest BCUT2D eigenvalue weighted by molar-refractivity contribution is -0.120. The molecule has 1 heterocycles. The maximum atomic E-state index is 12.5. The van der Waals surface area contributed by atoms with E-state index >= 15 is 0 Å². The normalized spacial score (nSPS) is 26.4. The third-order valence-corrected chi connectivity index (χ3v) is 5.81. The Morgan fingerprint density at radius 3 is 2.68 bits per heavy atom. The molecule has 1 aliphatic heterocycles. The van der Waals surface area contributed by atoms with E-state index in [0.29, 0.717) is 16.7 Å². The van der Waals surface area contributed by atoms with Crippen molar-refractivity contribution in [2.75, 3.05) is 12.0 Å². The van der Waals surface area contributed by atoms with Crippen molar-refractivity contribution < 1.29 is 9.53 Å². The minimum Gasteiger partial charge on any atom is -0.495 e. The summed E-state index contributed by atoms with van der Waals surface area (Å²) in [7, 11) is 1.62. The molecule has 5 nitrogen and oxygen atoms in total. The van der Waals surface area contributed by atoms with Gasteiger partial charge in [0.25, 0.3) is 5.91 Å². The van der Waals surface area contributed by atoms with E-state index in [1.54, 1.807) is 7.11 Å². The zero-order valence-electron chi connectivity index (χ0n) is 14.6. The van der Waals surface area contributed by atoms with E-state index in [4.69, 9.17) is 4.74 Å². The molecule has 1 N–H and O–H groups in total. The Morgan fingerprint density at radius 2 is 2.08 bits per heavy atom. The fourth-order valence-corrected chi connectivity index (χ4v) is 4.37. The lowest BCUT2D eigenvalue weighted by Gasteiger charge is -2.51. The molecule has 25 heavy (non-hydrogen) atoms. The number of hydrogen-bond acceptors (Lipinski definition) is 5. The van der Waals surface area contributed by atoms with Crippen molar-refractivity contribution in [3.63, 3.8) is 0 Å². The number of anilines is 1. The summed E-state index contributed by atoms with van der Waals surface area (Å²) in [5.41, 5.74) is 0.296. The number of carbonyl (C=O) groups is 1. The maximum absolute atomic E-state index is 12.5. The van der Waals surface area contributed by atoms with Crippen LogP contribution in [0.25, 0.3) is 0 Å². The van der Waals surface area contributed by atoms with Crippen LogP contribution in [0.5, 0.6) is 5.75 Å². The van der Waals surface area contributed by atoms with Crippen molar-refractivity contribution in [3.8, 4) is 11.8 Å². The van der Waals surface area contributed by atoms with Crippen LogP contribution in [0.4, 0.5) is 5.69 Å². The number of nitrogens with zero attached hydrogens (tertiary/aromatic N) is 2. The summed E-state index contributed by atoms with van der Waals surface area (Å²) in [6.45, 7) is 2.21. The van der Waals surface area contributed by atoms with E-state index in [1.165, 1.54) is 0 Å². The minimum atomic E-state index is -0.561. The van der Waals surface area contributed by atoms with Gasteiger partial charge in [0, 0.05) is 0 Å². The average Bonchev–Trinajstić information content (AvgIpc) is 2.63. The van der Waals surface area contributed by atoms with Crippen LogP contribution >= 0.6 is 12.6 Å². The van der Waals surface area contributed by atoms with Crippen LogP contribution in [-0.2, 0) is 4.79 Å². The molecule has 1 aromatic rings. The lowest BCUT2D eigenvalue weighted by atomic mass is 9.78. The number of nitriles is 1. The van der Waals surface area contributed by atoms with Gasteiger partial charge in [0.2, 0.25) is 0 Å². The third-order valence-electron chi connectivity index (χ3n) is 5.38. The van der Waals surface area contributed by atoms with Gasteiger partial charge in [-0.05, 0) is 43.7 Å². The zero-order chi connectivity index (χ0) is 18.0. The molecular weight excluding hydrogens is 334 g/mol. The molecule has 1 fully saturated rings. The summed E-state index contributed by atoms with van der Waals surface area (Å²) in [6.07, 6.45) is 4.85. The van der Waals surface area contributed by atoms with Gasteiger partial charge in [-0.3, -0.25) is 4.79 Å². The van der Waals surface area contributed by atoms with E-state index in [0.717, 1.165) is 37.8 Å². The number of methoxy groups -OCH3 is 1. The molecule has 0 radical (unpaired) electrons. The number of ether oxygens (including phenoxy) is 1. The summed E-state index contributed by atoms with van der Waals surface area (Å²) >= 11 is 4.58. The number of para-hydroxylation sites is 2. The largest absolute Gasteiger partial charge is 0.495 e. The van der Waals surface area contributed by atoms with Gasteiger partial charge in [-0.1, -0.05) is 25.5 Å². The standard InChI is InChI=1S/C19H23N3O2S/c1-3-13-8-10-19(11-9-13)21-17(23)14(12-20)18(25)22(19)15-6-4-5-7-16(15)24-2/h4-7,13,25H,3,8-11H2,1-2H3,(H,21,23). The summed E-state index contributed by atoms with van der Waals surface area (Å²) in [4.78, 5) is 14.5. The maximum Gasteiger partial charge on any atom is 0.266 e. The molecule has 0 aromatic heterocycles. The van der Waals surface area contributed by atoms with E-state index in [-0.39, 0.29) is 11.5 Å². The predicted molar refractivity (Wildman–Crippen MR) is 100 cm³/mol. The molecule has 1 aliphatic carbocycles. The first-order chi connectivity index (χ1) is 12.1. The molecule has 3 rings (SSSR count). The van der Waals surface area contributed by atoms with Crippen LogP contribution in [0.3, 0.4) is 0 Å². The van der Waals surface area contributed by atoms with Gasteiger partial charge in [0.05, 0.1) is 17.8 Å². The molecular formula is C19H23N3O2S. The van der Waals surface area contributed by atoms with Gasteiger partial charge in [-0.25, -0.2) is 0 Å². The minimum absolute atomic E-state index is 0.0393. The highest BCUT2D eigenvalue weighted by Gasteiger charge is 2.47. The van der Waals surface area contributed by atoms with E-state index < -0.39 is 5.66 Å². The number of carbonyl (C=O) groups excluding carboxylic acids is 1. The highest BCUT2D eigenvalue weighted by Crippen LogP contribution is 2.46. The highest BCUT2D eigenvalue weighted by atomic mass is 32.1. The van der Waals surface area contributed by atoms with Crippen LogP contribution in [0.1, 0.15) is 39.0 Å². The fraction of sp³-hybridized carbons (Fsp3) is 0.474. The molecule has 0 atom stereocenters. The number of thiol groups is 1. The molecule has 132 valence electrons. The zero-order valence-corrected chi connectivity index (χ0v) is 15.5. The Morgan fingerprint density at radius 1 is 1.40 bits per heavy atom. The first kappa shape index (κ1) is 17.7. The van der Waals surface area contributed by atoms with E-state index in [2.05, 4.69) is 24.9 Å². The topological polar surface area (TPSA) is 65.4 Å². The molecule has 2 aliphatic rings. The number of hydrogen-bond donors (Lipinski definition) is 2. The van der Waals surface area contributed by atoms with E-state index in [1.807, 2.05) is 35.2 Å². The van der Waals surface area contributed by atoms with Crippen molar-refractivity contribution in [2.45, 2.75) is 44.7 Å². The quantitative estimate of drug-likeness (QED) is 0.812. The van der Waals surface area contributed by atoms with Crippen molar-refractivity contribution in [1.29, 1.82) is 5.26 Å². The smallest absolute Gasteiger partial charge is 0.266 e. The molecule has 1 saturated carbocycles. The van der Waals surface area contributed by atoms with Crippen molar-refractivity contribution in [3.05, 3.63) is 34.9 Å².